The van der Waals surface area contributed by atoms with Crippen molar-refractivity contribution < 1.29 is 18.0 Å². The molecule has 1 aromatic heterocycles. The number of carbonyl (C=O) groups excluding carboxylic acids is 2. The fourth-order valence-corrected chi connectivity index (χ4v) is 6.21. The van der Waals surface area contributed by atoms with Crippen LogP contribution in [-0.2, 0) is 21.2 Å². The molecule has 3 aromatic rings. The largest absolute Gasteiger partial charge is 0.360 e. The molecule has 33 heavy (non-hydrogen) atoms. The van der Waals surface area contributed by atoms with E-state index in [0.717, 1.165) is 22.2 Å². The summed E-state index contributed by atoms with van der Waals surface area (Å²) in [5.41, 5.74) is 3.27. The average Bonchev–Trinajstić information content (AvgIpc) is 3.43. The fraction of sp³-hybridized carbons (Fsp3) is 0.333. The van der Waals surface area contributed by atoms with Crippen molar-refractivity contribution in [1.82, 2.24) is 14.2 Å². The van der Waals surface area contributed by atoms with Crippen LogP contribution in [0.25, 0.3) is 10.9 Å². The van der Waals surface area contributed by atoms with Crippen LogP contribution in [0.3, 0.4) is 0 Å². The van der Waals surface area contributed by atoms with Crippen molar-refractivity contribution in [2.24, 2.45) is 0 Å². The monoisotopic (exact) mass is 466 g/mol. The molecule has 1 N–H and O–H groups in total. The Morgan fingerprint density at radius 1 is 1.00 bits per heavy atom. The maximum absolute atomic E-state index is 13.2. The van der Waals surface area contributed by atoms with Gasteiger partial charge in [0.05, 0.1) is 11.4 Å². The van der Waals surface area contributed by atoms with Crippen LogP contribution >= 0.6 is 0 Å². The molecule has 2 aromatic carbocycles. The number of Topliss-reactive ketones (excluding diaryl/α,β-unsaturated/α-hetero) is 1. The van der Waals surface area contributed by atoms with E-state index >= 15 is 0 Å². The van der Waals surface area contributed by atoms with Gasteiger partial charge >= 0.3 is 0 Å². The number of ketones is 1. The smallest absolute Gasteiger partial charge is 0.243 e. The van der Waals surface area contributed by atoms with Crippen molar-refractivity contribution in [3.63, 3.8) is 0 Å². The van der Waals surface area contributed by atoms with E-state index in [2.05, 4.69) is 4.98 Å². The van der Waals surface area contributed by atoms with E-state index in [4.69, 9.17) is 0 Å². The third kappa shape index (κ3) is 3.96. The van der Waals surface area contributed by atoms with Gasteiger partial charge in [0.15, 0.2) is 5.78 Å². The summed E-state index contributed by atoms with van der Waals surface area (Å²) in [6, 6.07) is 12.7. The number of aromatic amines is 1. The van der Waals surface area contributed by atoms with Crippen molar-refractivity contribution in [2.45, 2.75) is 18.2 Å². The summed E-state index contributed by atoms with van der Waals surface area (Å²) >= 11 is 0. The molecule has 172 valence electrons. The Bertz CT molecular complexity index is 1340. The van der Waals surface area contributed by atoms with Crippen LogP contribution in [0.1, 0.15) is 22.8 Å². The predicted molar refractivity (Wildman–Crippen MR) is 126 cm³/mol. The molecule has 0 saturated carbocycles. The lowest BCUT2D eigenvalue weighted by Gasteiger charge is -2.33. The molecule has 0 bridgehead atoms. The molecule has 3 heterocycles. The SMILES string of the molecule is CC(=O)N1CCc2cc(S(=O)(=O)N3CCN(CC(=O)c4c[nH]c5ccccc45)CC3)ccc21. The van der Waals surface area contributed by atoms with Crippen LogP contribution in [0.15, 0.2) is 53.6 Å². The molecule has 9 heteroatoms. The number of nitrogens with zero attached hydrogens (tertiary/aromatic N) is 3. The molecule has 1 saturated heterocycles. The molecule has 0 radical (unpaired) electrons. The number of hydrogen-bond donors (Lipinski definition) is 1. The van der Waals surface area contributed by atoms with Gasteiger partial charge in [0.1, 0.15) is 0 Å². The Balaban J connectivity index is 1.24. The number of hydrogen-bond acceptors (Lipinski definition) is 5. The summed E-state index contributed by atoms with van der Waals surface area (Å²) in [7, 11) is -3.63. The van der Waals surface area contributed by atoms with Crippen molar-refractivity contribution >= 4 is 38.3 Å². The minimum atomic E-state index is -3.63. The molecule has 8 nitrogen and oxygen atoms in total. The molecule has 5 rings (SSSR count). The Labute approximate surface area is 192 Å². The van der Waals surface area contributed by atoms with Crippen LogP contribution in [0.2, 0.25) is 0 Å². The number of H-pyrrole nitrogens is 1. The second kappa shape index (κ2) is 8.40. The zero-order chi connectivity index (χ0) is 23.2. The van der Waals surface area contributed by atoms with Crippen molar-refractivity contribution in [1.29, 1.82) is 0 Å². The van der Waals surface area contributed by atoms with Crippen LogP contribution in [0.4, 0.5) is 5.69 Å². The lowest BCUT2D eigenvalue weighted by Crippen LogP contribution is -2.49. The molecule has 1 amide bonds. The summed E-state index contributed by atoms with van der Waals surface area (Å²) in [6.07, 6.45) is 2.40. The number of fused-ring (bicyclic) bond motifs is 2. The highest BCUT2D eigenvalue weighted by atomic mass is 32.2. The molecule has 2 aliphatic rings. The van der Waals surface area contributed by atoms with E-state index in [9.17, 15) is 18.0 Å². The van der Waals surface area contributed by atoms with Crippen LogP contribution in [-0.4, -0.2) is 73.6 Å². The number of aromatic nitrogens is 1. The van der Waals surface area contributed by atoms with E-state index in [0.29, 0.717) is 44.7 Å². The summed E-state index contributed by atoms with van der Waals surface area (Å²) in [4.78, 5) is 31.7. The van der Waals surface area contributed by atoms with Gasteiger partial charge in [0, 0.05) is 68.0 Å². The van der Waals surface area contributed by atoms with Crippen LogP contribution < -0.4 is 4.90 Å². The average molecular weight is 467 g/mol. The molecule has 0 atom stereocenters. The van der Waals surface area contributed by atoms with Gasteiger partial charge in [-0.25, -0.2) is 8.42 Å². The number of sulfonamides is 1. The Hall–Kier alpha value is -3.01. The second-order valence-corrected chi connectivity index (χ2v) is 10.5. The van der Waals surface area contributed by atoms with Gasteiger partial charge in [-0.05, 0) is 36.2 Å². The molecule has 0 unspecified atom stereocenters. The minimum absolute atomic E-state index is 0.0254. The highest BCUT2D eigenvalue weighted by Gasteiger charge is 2.31. The minimum Gasteiger partial charge on any atom is -0.360 e. The van der Waals surface area contributed by atoms with Crippen LogP contribution in [0.5, 0.6) is 0 Å². The summed E-state index contributed by atoms with van der Waals surface area (Å²) in [5, 5.41) is 0.906. The Morgan fingerprint density at radius 2 is 1.76 bits per heavy atom. The first-order valence-corrected chi connectivity index (χ1v) is 12.5. The first-order chi connectivity index (χ1) is 15.8. The Kier molecular flexibility index (Phi) is 5.55. The molecule has 0 aliphatic carbocycles. The van der Waals surface area contributed by atoms with Gasteiger partial charge in [0.2, 0.25) is 15.9 Å². The van der Waals surface area contributed by atoms with E-state index in [1.165, 1.54) is 11.2 Å². The molecule has 0 spiro atoms. The fourth-order valence-electron chi connectivity index (χ4n) is 4.73. The second-order valence-electron chi connectivity index (χ2n) is 8.56. The number of amides is 1. The summed E-state index contributed by atoms with van der Waals surface area (Å²) in [5.74, 6) is -0.0138. The number of para-hydroxylation sites is 1. The first kappa shape index (κ1) is 21.8. The molecule has 2 aliphatic heterocycles. The van der Waals surface area contributed by atoms with E-state index in [1.807, 2.05) is 29.2 Å². The zero-order valence-electron chi connectivity index (χ0n) is 18.5. The maximum atomic E-state index is 13.2. The van der Waals surface area contributed by atoms with Gasteiger partial charge in [-0.2, -0.15) is 4.31 Å². The molecule has 1 fully saturated rings. The lowest BCUT2D eigenvalue weighted by atomic mass is 10.1. The molecular weight excluding hydrogens is 440 g/mol. The normalized spacial score (nSPS) is 17.4. The number of benzene rings is 2. The Morgan fingerprint density at radius 3 is 2.52 bits per heavy atom. The topological polar surface area (TPSA) is 93.8 Å². The van der Waals surface area contributed by atoms with Gasteiger partial charge in [0.25, 0.3) is 0 Å². The third-order valence-electron chi connectivity index (χ3n) is 6.55. The van der Waals surface area contributed by atoms with Gasteiger partial charge < -0.3 is 9.88 Å². The van der Waals surface area contributed by atoms with Gasteiger partial charge in [-0.1, -0.05) is 18.2 Å². The van der Waals surface area contributed by atoms with Gasteiger partial charge in [-0.15, -0.1) is 0 Å². The zero-order valence-corrected chi connectivity index (χ0v) is 19.3. The number of anilines is 1. The summed E-state index contributed by atoms with van der Waals surface area (Å²) < 4.78 is 27.9. The number of nitrogens with one attached hydrogen (secondary N) is 1. The molecular formula is C24H26N4O4S. The van der Waals surface area contributed by atoms with E-state index < -0.39 is 10.0 Å². The summed E-state index contributed by atoms with van der Waals surface area (Å²) in [6.45, 7) is 4.02. The van der Waals surface area contributed by atoms with Gasteiger partial charge in [-0.3, -0.25) is 14.5 Å². The van der Waals surface area contributed by atoms with E-state index in [-0.39, 0.29) is 23.1 Å². The standard InChI is InChI=1S/C24H26N4O4S/c1-17(29)28-9-8-18-14-19(6-7-23(18)28)33(31,32)27-12-10-26(11-13-27)16-24(30)21-15-25-22-5-3-2-4-20(21)22/h2-7,14-15,25H,8-13,16H2,1H3. The predicted octanol–water partition coefficient (Wildman–Crippen LogP) is 2.27. The number of rotatable bonds is 5. The number of piperazine rings is 1. The van der Waals surface area contributed by atoms with Crippen molar-refractivity contribution in [3.8, 4) is 0 Å². The highest BCUT2D eigenvalue weighted by molar-refractivity contribution is 7.89. The third-order valence-corrected chi connectivity index (χ3v) is 8.45. The maximum Gasteiger partial charge on any atom is 0.243 e. The van der Waals surface area contributed by atoms with Crippen molar-refractivity contribution in [2.75, 3.05) is 44.2 Å². The van der Waals surface area contributed by atoms with Crippen molar-refractivity contribution in [3.05, 3.63) is 59.8 Å². The number of carbonyl (C=O) groups is 2. The first-order valence-electron chi connectivity index (χ1n) is 11.1. The quantitative estimate of drug-likeness (QED) is 0.582. The van der Waals surface area contributed by atoms with Crippen LogP contribution in [0, 0.1) is 0 Å². The van der Waals surface area contributed by atoms with E-state index in [1.54, 1.807) is 29.3 Å². The highest BCUT2D eigenvalue weighted by Crippen LogP contribution is 2.31. The lowest BCUT2D eigenvalue weighted by molar-refractivity contribution is -0.116.